The summed E-state index contributed by atoms with van der Waals surface area (Å²) >= 11 is 0. The Hall–Kier alpha value is -0.940. The second-order valence-corrected chi connectivity index (χ2v) is 3.45. The zero-order chi connectivity index (χ0) is 9.64. The summed E-state index contributed by atoms with van der Waals surface area (Å²) in [6.45, 7) is 2.54. The van der Waals surface area contributed by atoms with E-state index in [-0.39, 0.29) is 0 Å². The zero-order valence-corrected chi connectivity index (χ0v) is 8.11. The lowest BCUT2D eigenvalue weighted by molar-refractivity contribution is 0.104. The Balaban J connectivity index is 1.55. The maximum absolute atomic E-state index is 5.50. The van der Waals surface area contributed by atoms with Gasteiger partial charge in [-0.15, -0.1) is 0 Å². The first-order valence-electron chi connectivity index (χ1n) is 5.03. The number of hydrogen-bond donors (Lipinski definition) is 1. The number of ether oxygens (including phenoxy) is 1. The van der Waals surface area contributed by atoms with Gasteiger partial charge in [0, 0.05) is 6.61 Å². The van der Waals surface area contributed by atoms with Crippen LogP contribution < -0.4 is 5.32 Å². The van der Waals surface area contributed by atoms with Crippen molar-refractivity contribution in [3.63, 3.8) is 0 Å². The molecule has 1 aromatic heterocycles. The summed E-state index contributed by atoms with van der Waals surface area (Å²) in [7, 11) is 0. The van der Waals surface area contributed by atoms with Crippen LogP contribution in [0.25, 0.3) is 0 Å². The summed E-state index contributed by atoms with van der Waals surface area (Å²) in [4.78, 5) is 3.91. The minimum Gasteiger partial charge on any atom is -0.378 e. The zero-order valence-electron chi connectivity index (χ0n) is 8.11. The standard InChI is InChI=1S/C9H15N3O2/c1-2-8(13-5-1)3-4-10-6-9-11-7-14-12-9/h7-8,10H,1-6H2. The summed E-state index contributed by atoms with van der Waals surface area (Å²) in [5.74, 6) is 0.706. The Labute approximate surface area is 82.8 Å². The molecule has 0 aliphatic carbocycles. The molecule has 0 saturated carbocycles. The summed E-state index contributed by atoms with van der Waals surface area (Å²) in [5.41, 5.74) is 0. The third-order valence-electron chi connectivity index (χ3n) is 2.36. The molecular weight excluding hydrogens is 182 g/mol. The predicted octanol–water partition coefficient (Wildman–Crippen LogP) is 0.728. The second kappa shape index (κ2) is 5.07. The van der Waals surface area contributed by atoms with Crippen molar-refractivity contribution in [2.45, 2.75) is 31.9 Å². The van der Waals surface area contributed by atoms with E-state index < -0.39 is 0 Å². The van der Waals surface area contributed by atoms with Crippen LogP contribution in [0.4, 0.5) is 0 Å². The molecule has 78 valence electrons. The summed E-state index contributed by atoms with van der Waals surface area (Å²) in [6, 6.07) is 0. The highest BCUT2D eigenvalue weighted by Gasteiger charge is 2.14. The van der Waals surface area contributed by atoms with Crippen LogP contribution in [-0.4, -0.2) is 29.4 Å². The monoisotopic (exact) mass is 197 g/mol. The number of nitrogens with zero attached hydrogens (tertiary/aromatic N) is 2. The first-order valence-corrected chi connectivity index (χ1v) is 5.03. The van der Waals surface area contributed by atoms with Gasteiger partial charge in [0.05, 0.1) is 12.6 Å². The SMILES string of the molecule is c1nc(CNCCC2CCCO2)no1. The summed E-state index contributed by atoms with van der Waals surface area (Å²) in [6.07, 6.45) is 5.27. The van der Waals surface area contributed by atoms with Crippen LogP contribution in [0.5, 0.6) is 0 Å². The van der Waals surface area contributed by atoms with Crippen LogP contribution in [0.1, 0.15) is 25.1 Å². The smallest absolute Gasteiger partial charge is 0.213 e. The molecule has 1 fully saturated rings. The van der Waals surface area contributed by atoms with E-state index in [4.69, 9.17) is 4.74 Å². The first kappa shape index (κ1) is 9.61. The molecule has 0 amide bonds. The number of aromatic nitrogens is 2. The molecule has 5 nitrogen and oxygen atoms in total. The molecule has 1 N–H and O–H groups in total. The normalized spacial score (nSPS) is 21.6. The van der Waals surface area contributed by atoms with Crippen molar-refractivity contribution in [2.75, 3.05) is 13.2 Å². The molecule has 2 rings (SSSR count). The van der Waals surface area contributed by atoms with Crippen molar-refractivity contribution in [2.24, 2.45) is 0 Å². The van der Waals surface area contributed by atoms with E-state index in [1.807, 2.05) is 0 Å². The van der Waals surface area contributed by atoms with E-state index in [2.05, 4.69) is 20.0 Å². The lowest BCUT2D eigenvalue weighted by Gasteiger charge is -2.08. The molecule has 1 unspecified atom stereocenters. The van der Waals surface area contributed by atoms with Crippen LogP contribution >= 0.6 is 0 Å². The lowest BCUT2D eigenvalue weighted by Crippen LogP contribution is -2.20. The van der Waals surface area contributed by atoms with Crippen molar-refractivity contribution >= 4 is 0 Å². The largest absolute Gasteiger partial charge is 0.378 e. The average molecular weight is 197 g/mol. The van der Waals surface area contributed by atoms with E-state index in [9.17, 15) is 0 Å². The van der Waals surface area contributed by atoms with Gasteiger partial charge in [0.2, 0.25) is 6.39 Å². The molecule has 1 aliphatic rings. The number of rotatable bonds is 5. The van der Waals surface area contributed by atoms with E-state index in [1.54, 1.807) is 0 Å². The topological polar surface area (TPSA) is 60.2 Å². The number of nitrogens with one attached hydrogen (secondary N) is 1. The molecule has 0 radical (unpaired) electrons. The van der Waals surface area contributed by atoms with E-state index in [1.165, 1.54) is 19.2 Å². The maximum Gasteiger partial charge on any atom is 0.213 e. The molecule has 0 spiro atoms. The Morgan fingerprint density at radius 1 is 1.57 bits per heavy atom. The van der Waals surface area contributed by atoms with Gasteiger partial charge in [0.1, 0.15) is 0 Å². The van der Waals surface area contributed by atoms with Crippen molar-refractivity contribution in [1.29, 1.82) is 0 Å². The Kier molecular flexibility index (Phi) is 3.48. The van der Waals surface area contributed by atoms with Crippen molar-refractivity contribution in [1.82, 2.24) is 15.5 Å². The van der Waals surface area contributed by atoms with Crippen LogP contribution in [-0.2, 0) is 11.3 Å². The van der Waals surface area contributed by atoms with Crippen LogP contribution in [0.3, 0.4) is 0 Å². The van der Waals surface area contributed by atoms with Gasteiger partial charge in [-0.2, -0.15) is 4.98 Å². The van der Waals surface area contributed by atoms with E-state index in [0.717, 1.165) is 19.6 Å². The van der Waals surface area contributed by atoms with Crippen LogP contribution in [0, 0.1) is 0 Å². The lowest BCUT2D eigenvalue weighted by atomic mass is 10.2. The minimum absolute atomic E-state index is 0.452. The fraction of sp³-hybridized carbons (Fsp3) is 0.778. The fourth-order valence-corrected chi connectivity index (χ4v) is 1.61. The molecule has 1 aliphatic heterocycles. The first-order chi connectivity index (χ1) is 6.95. The van der Waals surface area contributed by atoms with Gasteiger partial charge >= 0.3 is 0 Å². The van der Waals surface area contributed by atoms with Crippen LogP contribution in [0.15, 0.2) is 10.9 Å². The highest BCUT2D eigenvalue weighted by molar-refractivity contribution is 4.76. The molecule has 1 atom stereocenters. The molecule has 0 bridgehead atoms. The van der Waals surface area contributed by atoms with Crippen molar-refractivity contribution in [3.05, 3.63) is 12.2 Å². The van der Waals surface area contributed by atoms with Crippen molar-refractivity contribution in [3.8, 4) is 0 Å². The highest BCUT2D eigenvalue weighted by atomic mass is 16.5. The molecular formula is C9H15N3O2. The van der Waals surface area contributed by atoms with E-state index in [0.29, 0.717) is 18.5 Å². The molecule has 0 aromatic carbocycles. The molecule has 1 aromatic rings. The van der Waals surface area contributed by atoms with Gasteiger partial charge in [-0.3, -0.25) is 0 Å². The number of hydrogen-bond acceptors (Lipinski definition) is 5. The third kappa shape index (κ3) is 2.78. The minimum atomic E-state index is 0.452. The molecule has 1 saturated heterocycles. The van der Waals surface area contributed by atoms with Gasteiger partial charge in [-0.25, -0.2) is 0 Å². The summed E-state index contributed by atoms with van der Waals surface area (Å²) < 4.78 is 10.1. The Morgan fingerprint density at radius 3 is 3.29 bits per heavy atom. The second-order valence-electron chi connectivity index (χ2n) is 3.45. The third-order valence-corrected chi connectivity index (χ3v) is 2.36. The quantitative estimate of drug-likeness (QED) is 0.705. The van der Waals surface area contributed by atoms with Gasteiger partial charge < -0.3 is 14.6 Å². The predicted molar refractivity (Wildman–Crippen MR) is 49.6 cm³/mol. The Morgan fingerprint density at radius 2 is 2.57 bits per heavy atom. The molecule has 5 heteroatoms. The molecule has 14 heavy (non-hydrogen) atoms. The van der Waals surface area contributed by atoms with Gasteiger partial charge in [-0.05, 0) is 25.8 Å². The molecule has 2 heterocycles. The maximum atomic E-state index is 5.50. The van der Waals surface area contributed by atoms with Crippen LogP contribution in [0.2, 0.25) is 0 Å². The van der Waals surface area contributed by atoms with Gasteiger partial charge in [0.25, 0.3) is 0 Å². The average Bonchev–Trinajstić information content (AvgIpc) is 2.86. The van der Waals surface area contributed by atoms with Crippen molar-refractivity contribution < 1.29 is 9.26 Å². The Bertz CT molecular complexity index is 245. The summed E-state index contributed by atoms with van der Waals surface area (Å²) in [5, 5.41) is 6.96. The van der Waals surface area contributed by atoms with Gasteiger partial charge in [-0.1, -0.05) is 5.16 Å². The van der Waals surface area contributed by atoms with Gasteiger partial charge in [0.15, 0.2) is 5.82 Å². The van der Waals surface area contributed by atoms with E-state index >= 15 is 0 Å². The fourth-order valence-electron chi connectivity index (χ4n) is 1.61. The highest BCUT2D eigenvalue weighted by Crippen LogP contribution is 2.14.